The summed E-state index contributed by atoms with van der Waals surface area (Å²) >= 11 is 7.26. The fourth-order valence-electron chi connectivity index (χ4n) is 1.93. The van der Waals surface area contributed by atoms with Crippen molar-refractivity contribution in [3.05, 3.63) is 46.7 Å². The zero-order chi connectivity index (χ0) is 15.4. The van der Waals surface area contributed by atoms with Gasteiger partial charge in [-0.05, 0) is 30.7 Å². The first-order valence-electron chi connectivity index (χ1n) is 6.64. The van der Waals surface area contributed by atoms with Gasteiger partial charge in [-0.1, -0.05) is 30.3 Å². The van der Waals surface area contributed by atoms with Gasteiger partial charge in [0, 0.05) is 17.6 Å². The minimum atomic E-state index is -0.209. The van der Waals surface area contributed by atoms with Gasteiger partial charge < -0.3 is 9.67 Å². The maximum Gasteiger partial charge on any atom is 0.176 e. The van der Waals surface area contributed by atoms with Crippen molar-refractivity contribution in [2.24, 2.45) is 7.05 Å². The topological polar surface area (TPSA) is 55.1 Å². The Kier molecular flexibility index (Phi) is 5.45. The van der Waals surface area contributed by atoms with Gasteiger partial charge >= 0.3 is 0 Å². The summed E-state index contributed by atoms with van der Waals surface area (Å²) < 4.78 is 1.81. The number of nitrogens with zero attached hydrogens (tertiary/aromatic N) is 2. The molecule has 1 heterocycles. The number of aliphatic hydroxyl groups is 1. The molecule has 1 aromatic heterocycles. The summed E-state index contributed by atoms with van der Waals surface area (Å²) in [5.74, 6) is 0.0627. The van der Waals surface area contributed by atoms with Gasteiger partial charge in [-0.15, -0.1) is 0 Å². The van der Waals surface area contributed by atoms with Crippen molar-refractivity contribution >= 4 is 29.1 Å². The molecular formula is C15H17ClN2O2S. The highest BCUT2D eigenvalue weighted by molar-refractivity contribution is 8.00. The quantitative estimate of drug-likeness (QED) is 0.654. The number of thioether (sulfide) groups is 1. The van der Waals surface area contributed by atoms with Crippen LogP contribution in [0.2, 0.25) is 5.02 Å². The molecule has 0 fully saturated rings. The van der Waals surface area contributed by atoms with E-state index in [0.29, 0.717) is 17.0 Å². The van der Waals surface area contributed by atoms with Crippen LogP contribution < -0.4 is 0 Å². The van der Waals surface area contributed by atoms with E-state index in [9.17, 15) is 9.90 Å². The van der Waals surface area contributed by atoms with Gasteiger partial charge in [-0.3, -0.25) is 4.79 Å². The molecule has 0 radical (unpaired) electrons. The van der Waals surface area contributed by atoms with E-state index < -0.39 is 0 Å². The number of carbonyl (C=O) groups excluding carboxylic acids is 1. The Labute approximate surface area is 133 Å². The van der Waals surface area contributed by atoms with Crippen LogP contribution in [0, 0.1) is 0 Å². The predicted molar refractivity (Wildman–Crippen MR) is 84.8 cm³/mol. The van der Waals surface area contributed by atoms with E-state index in [1.165, 1.54) is 11.8 Å². The van der Waals surface area contributed by atoms with Gasteiger partial charge in [0.2, 0.25) is 0 Å². The van der Waals surface area contributed by atoms with Crippen LogP contribution in [0.25, 0.3) is 0 Å². The van der Waals surface area contributed by atoms with Crippen LogP contribution in [0.4, 0.5) is 0 Å². The molecule has 0 unspecified atom stereocenters. The second-order valence-electron chi connectivity index (χ2n) is 4.64. The Hall–Kier alpha value is -1.30. The zero-order valence-electron chi connectivity index (χ0n) is 11.9. The molecule has 2 aromatic rings. The Morgan fingerprint density at radius 2 is 2.10 bits per heavy atom. The Balaban J connectivity index is 2.17. The molecule has 6 heteroatoms. The van der Waals surface area contributed by atoms with Crippen LogP contribution in [-0.4, -0.2) is 25.7 Å². The second-order valence-corrected chi connectivity index (χ2v) is 6.24. The van der Waals surface area contributed by atoms with E-state index in [1.54, 1.807) is 30.5 Å². The summed E-state index contributed by atoms with van der Waals surface area (Å²) in [5.41, 5.74) is 1.38. The zero-order valence-corrected chi connectivity index (χ0v) is 13.5. The molecule has 4 nitrogen and oxygen atoms in total. The number of Topliss-reactive ketones (excluding diaryl/α,β-unsaturated/α-hetero) is 1. The van der Waals surface area contributed by atoms with Crippen LogP contribution in [0.15, 0.2) is 35.6 Å². The molecule has 112 valence electrons. The van der Waals surface area contributed by atoms with Crippen LogP contribution in [0.3, 0.4) is 0 Å². The van der Waals surface area contributed by atoms with E-state index in [1.807, 2.05) is 18.5 Å². The summed E-state index contributed by atoms with van der Waals surface area (Å²) in [6, 6.07) is 6.92. The minimum Gasteiger partial charge on any atom is -0.390 e. The highest BCUT2D eigenvalue weighted by atomic mass is 35.5. The first kappa shape index (κ1) is 16.1. The number of hydrogen-bond acceptors (Lipinski definition) is 4. The molecule has 2 rings (SSSR count). The van der Waals surface area contributed by atoms with Gasteiger partial charge in [0.05, 0.1) is 23.7 Å². The van der Waals surface area contributed by atoms with E-state index >= 15 is 0 Å². The monoisotopic (exact) mass is 324 g/mol. The summed E-state index contributed by atoms with van der Waals surface area (Å²) in [6.45, 7) is 1.91. The summed E-state index contributed by atoms with van der Waals surface area (Å²) in [7, 11) is 1.83. The van der Waals surface area contributed by atoms with Crippen LogP contribution >= 0.6 is 23.4 Å². The molecule has 0 aliphatic rings. The largest absolute Gasteiger partial charge is 0.390 e. The van der Waals surface area contributed by atoms with Crippen molar-refractivity contribution < 1.29 is 9.90 Å². The van der Waals surface area contributed by atoms with Gasteiger partial charge in [0.15, 0.2) is 10.9 Å². The molecule has 0 bridgehead atoms. The van der Waals surface area contributed by atoms with E-state index in [0.717, 1.165) is 10.9 Å². The molecular weight excluding hydrogens is 308 g/mol. The second kappa shape index (κ2) is 7.11. The number of imidazole rings is 1. The SMILES string of the molecule is CC[C@H](Sc1ncc(CO)n1C)C(=O)c1ccc(Cl)cc1. The lowest BCUT2D eigenvalue weighted by Crippen LogP contribution is -2.17. The maximum atomic E-state index is 12.5. The Morgan fingerprint density at radius 3 is 2.62 bits per heavy atom. The molecule has 0 amide bonds. The number of aliphatic hydroxyl groups excluding tert-OH is 1. The molecule has 0 aliphatic heterocycles. The standard InChI is InChI=1S/C15H17ClN2O2S/c1-3-13(14(20)10-4-6-11(16)7-5-10)21-15-17-8-12(9-19)18(15)2/h4-8,13,19H,3,9H2,1-2H3/t13-/m0/s1. The molecule has 1 N–H and O–H groups in total. The smallest absolute Gasteiger partial charge is 0.176 e. The Morgan fingerprint density at radius 1 is 1.43 bits per heavy atom. The number of hydrogen-bond donors (Lipinski definition) is 1. The van der Waals surface area contributed by atoms with E-state index in [-0.39, 0.29) is 17.6 Å². The van der Waals surface area contributed by atoms with Gasteiger partial charge in [-0.2, -0.15) is 0 Å². The van der Waals surface area contributed by atoms with Crippen molar-refractivity contribution in [3.8, 4) is 0 Å². The number of carbonyl (C=O) groups is 1. The third kappa shape index (κ3) is 3.67. The molecule has 0 saturated heterocycles. The number of rotatable bonds is 6. The van der Waals surface area contributed by atoms with E-state index in [4.69, 9.17) is 11.6 Å². The van der Waals surface area contributed by atoms with Crippen molar-refractivity contribution in [2.45, 2.75) is 30.4 Å². The first-order valence-corrected chi connectivity index (χ1v) is 7.90. The average molecular weight is 325 g/mol. The molecule has 1 aromatic carbocycles. The molecule has 0 spiro atoms. The number of halogens is 1. The number of aromatic nitrogens is 2. The van der Waals surface area contributed by atoms with Gasteiger partial charge in [0.1, 0.15) is 0 Å². The van der Waals surface area contributed by atoms with Crippen LogP contribution in [-0.2, 0) is 13.7 Å². The predicted octanol–water partition coefficient (Wildman–Crippen LogP) is 3.32. The fourth-order valence-corrected chi connectivity index (χ4v) is 3.11. The van der Waals surface area contributed by atoms with Crippen molar-refractivity contribution in [1.29, 1.82) is 0 Å². The van der Waals surface area contributed by atoms with Crippen molar-refractivity contribution in [1.82, 2.24) is 9.55 Å². The van der Waals surface area contributed by atoms with Gasteiger partial charge in [0.25, 0.3) is 0 Å². The molecule has 21 heavy (non-hydrogen) atoms. The minimum absolute atomic E-state index is 0.0627. The molecule has 0 saturated carbocycles. The third-order valence-electron chi connectivity index (χ3n) is 3.24. The third-order valence-corrected chi connectivity index (χ3v) is 4.92. The molecule has 0 aliphatic carbocycles. The molecule has 1 atom stereocenters. The summed E-state index contributed by atoms with van der Waals surface area (Å²) in [4.78, 5) is 16.8. The maximum absolute atomic E-state index is 12.5. The van der Waals surface area contributed by atoms with Gasteiger partial charge in [-0.25, -0.2) is 4.98 Å². The lowest BCUT2D eigenvalue weighted by atomic mass is 10.1. The Bertz CT molecular complexity index is 625. The van der Waals surface area contributed by atoms with Crippen molar-refractivity contribution in [3.63, 3.8) is 0 Å². The van der Waals surface area contributed by atoms with Crippen molar-refractivity contribution in [2.75, 3.05) is 0 Å². The van der Waals surface area contributed by atoms with Crippen LogP contribution in [0.1, 0.15) is 29.4 Å². The number of benzene rings is 1. The average Bonchev–Trinajstić information content (AvgIpc) is 2.85. The summed E-state index contributed by atoms with van der Waals surface area (Å²) in [5, 5.41) is 10.3. The highest BCUT2D eigenvalue weighted by Gasteiger charge is 2.22. The first-order chi connectivity index (χ1) is 10.1. The van der Waals surface area contributed by atoms with E-state index in [2.05, 4.69) is 4.98 Å². The van der Waals surface area contributed by atoms with Crippen LogP contribution in [0.5, 0.6) is 0 Å². The normalized spacial score (nSPS) is 12.4. The summed E-state index contributed by atoms with van der Waals surface area (Å²) in [6.07, 6.45) is 2.33. The lowest BCUT2D eigenvalue weighted by Gasteiger charge is -2.13. The fraction of sp³-hybridized carbons (Fsp3) is 0.333. The lowest BCUT2D eigenvalue weighted by molar-refractivity contribution is 0.0988. The highest BCUT2D eigenvalue weighted by Crippen LogP contribution is 2.27. The number of ketones is 1.